The lowest BCUT2D eigenvalue weighted by Gasteiger charge is -1.94. The molecule has 0 bridgehead atoms. The van der Waals surface area contributed by atoms with Gasteiger partial charge in [0.25, 0.3) is 0 Å². The van der Waals surface area contributed by atoms with Gasteiger partial charge >= 0.3 is 0 Å². The van der Waals surface area contributed by atoms with Crippen LogP contribution >= 0.6 is 11.3 Å². The number of hydrogen-bond acceptors (Lipinski definition) is 5. The zero-order valence-electron chi connectivity index (χ0n) is 7.71. The molecular formula is C9H10N4S. The molecule has 0 saturated carbocycles. The van der Waals surface area contributed by atoms with Crippen LogP contribution in [0.2, 0.25) is 0 Å². The summed E-state index contributed by atoms with van der Waals surface area (Å²) < 4.78 is 0. The summed E-state index contributed by atoms with van der Waals surface area (Å²) in [5.74, 6) is 0. The SMILES string of the molecule is CC(N)c1nnc(-c2cccnc2)s1. The summed E-state index contributed by atoms with van der Waals surface area (Å²) in [5, 5.41) is 9.78. The van der Waals surface area contributed by atoms with Crippen molar-refractivity contribution in [1.29, 1.82) is 0 Å². The fraction of sp³-hybridized carbons (Fsp3) is 0.222. The first-order valence-corrected chi connectivity index (χ1v) is 5.08. The molecule has 0 aliphatic rings. The van der Waals surface area contributed by atoms with E-state index in [1.54, 1.807) is 12.4 Å². The Morgan fingerprint density at radius 3 is 2.86 bits per heavy atom. The minimum atomic E-state index is -0.0575. The Kier molecular flexibility index (Phi) is 2.51. The van der Waals surface area contributed by atoms with Crippen molar-refractivity contribution in [1.82, 2.24) is 15.2 Å². The summed E-state index contributed by atoms with van der Waals surface area (Å²) in [5.41, 5.74) is 6.68. The standard InChI is InChI=1S/C9H10N4S/c1-6(10)8-12-13-9(14-8)7-3-2-4-11-5-7/h2-6H,10H2,1H3. The van der Waals surface area contributed by atoms with Crippen LogP contribution < -0.4 is 5.73 Å². The number of aromatic nitrogens is 3. The van der Waals surface area contributed by atoms with Crippen LogP contribution in [-0.2, 0) is 0 Å². The minimum absolute atomic E-state index is 0.0575. The molecule has 0 radical (unpaired) electrons. The molecule has 2 aromatic rings. The van der Waals surface area contributed by atoms with Gasteiger partial charge in [0.2, 0.25) is 0 Å². The molecule has 2 rings (SSSR count). The zero-order valence-corrected chi connectivity index (χ0v) is 8.53. The van der Waals surface area contributed by atoms with E-state index in [1.165, 1.54) is 11.3 Å². The van der Waals surface area contributed by atoms with Crippen LogP contribution in [0.5, 0.6) is 0 Å². The maximum absolute atomic E-state index is 5.70. The van der Waals surface area contributed by atoms with E-state index in [9.17, 15) is 0 Å². The summed E-state index contributed by atoms with van der Waals surface area (Å²) in [4.78, 5) is 4.02. The molecule has 2 N–H and O–H groups in total. The van der Waals surface area contributed by atoms with E-state index in [4.69, 9.17) is 5.73 Å². The van der Waals surface area contributed by atoms with Crippen molar-refractivity contribution in [2.45, 2.75) is 13.0 Å². The Morgan fingerprint density at radius 2 is 2.29 bits per heavy atom. The first-order chi connectivity index (χ1) is 6.77. The van der Waals surface area contributed by atoms with Gasteiger partial charge in [0.1, 0.15) is 10.0 Å². The molecule has 72 valence electrons. The maximum atomic E-state index is 5.70. The highest BCUT2D eigenvalue weighted by molar-refractivity contribution is 7.14. The third kappa shape index (κ3) is 1.78. The second kappa shape index (κ2) is 3.81. The molecule has 2 aromatic heterocycles. The fourth-order valence-electron chi connectivity index (χ4n) is 1.02. The van der Waals surface area contributed by atoms with Crippen molar-refractivity contribution < 1.29 is 0 Å². The van der Waals surface area contributed by atoms with Crippen molar-refractivity contribution in [3.05, 3.63) is 29.5 Å². The second-order valence-electron chi connectivity index (χ2n) is 2.98. The van der Waals surface area contributed by atoms with Gasteiger partial charge in [-0.05, 0) is 19.1 Å². The average Bonchev–Trinajstić information content (AvgIpc) is 2.68. The number of hydrogen-bond donors (Lipinski definition) is 1. The first kappa shape index (κ1) is 9.23. The molecule has 0 aromatic carbocycles. The molecule has 0 amide bonds. The Hall–Kier alpha value is -1.33. The van der Waals surface area contributed by atoms with Crippen LogP contribution in [-0.4, -0.2) is 15.2 Å². The normalized spacial score (nSPS) is 12.7. The number of rotatable bonds is 2. The van der Waals surface area contributed by atoms with E-state index in [0.29, 0.717) is 0 Å². The maximum Gasteiger partial charge on any atom is 0.149 e. The molecule has 0 saturated heterocycles. The topological polar surface area (TPSA) is 64.7 Å². The predicted octanol–water partition coefficient (Wildman–Crippen LogP) is 1.62. The quantitative estimate of drug-likeness (QED) is 0.811. The lowest BCUT2D eigenvalue weighted by molar-refractivity contribution is 0.786. The van der Waals surface area contributed by atoms with Crippen molar-refractivity contribution in [2.75, 3.05) is 0 Å². The molecule has 1 unspecified atom stereocenters. The van der Waals surface area contributed by atoms with E-state index >= 15 is 0 Å². The van der Waals surface area contributed by atoms with Gasteiger partial charge in [-0.1, -0.05) is 11.3 Å². The van der Waals surface area contributed by atoms with Gasteiger partial charge in [-0.3, -0.25) is 4.98 Å². The molecule has 5 heteroatoms. The highest BCUT2D eigenvalue weighted by atomic mass is 32.1. The zero-order chi connectivity index (χ0) is 9.97. The fourth-order valence-corrected chi connectivity index (χ4v) is 1.81. The van der Waals surface area contributed by atoms with Crippen molar-refractivity contribution in [2.24, 2.45) is 5.73 Å². The Morgan fingerprint density at radius 1 is 1.43 bits per heavy atom. The van der Waals surface area contributed by atoms with Crippen molar-refractivity contribution in [3.63, 3.8) is 0 Å². The molecule has 0 aliphatic carbocycles. The molecule has 0 aliphatic heterocycles. The van der Waals surface area contributed by atoms with Crippen LogP contribution in [0, 0.1) is 0 Å². The minimum Gasteiger partial charge on any atom is -0.322 e. The highest BCUT2D eigenvalue weighted by Crippen LogP contribution is 2.24. The van der Waals surface area contributed by atoms with Gasteiger partial charge in [0.05, 0.1) is 6.04 Å². The van der Waals surface area contributed by atoms with E-state index in [0.717, 1.165) is 15.6 Å². The van der Waals surface area contributed by atoms with E-state index in [-0.39, 0.29) is 6.04 Å². The molecule has 14 heavy (non-hydrogen) atoms. The van der Waals surface area contributed by atoms with Gasteiger partial charge < -0.3 is 5.73 Å². The summed E-state index contributed by atoms with van der Waals surface area (Å²) in [6.07, 6.45) is 3.50. The smallest absolute Gasteiger partial charge is 0.149 e. The van der Waals surface area contributed by atoms with Gasteiger partial charge in [-0.15, -0.1) is 10.2 Å². The molecule has 4 nitrogen and oxygen atoms in total. The molecule has 1 atom stereocenters. The molecular weight excluding hydrogens is 196 g/mol. The van der Waals surface area contributed by atoms with Crippen LogP contribution in [0.1, 0.15) is 18.0 Å². The summed E-state index contributed by atoms with van der Waals surface area (Å²) in [6.45, 7) is 1.90. The predicted molar refractivity (Wildman–Crippen MR) is 55.7 cm³/mol. The second-order valence-corrected chi connectivity index (χ2v) is 3.98. The molecule has 2 heterocycles. The number of nitrogens with two attached hydrogens (primary N) is 1. The van der Waals surface area contributed by atoms with Crippen molar-refractivity contribution in [3.8, 4) is 10.6 Å². The van der Waals surface area contributed by atoms with Gasteiger partial charge in [0, 0.05) is 18.0 Å². The van der Waals surface area contributed by atoms with Gasteiger partial charge in [-0.2, -0.15) is 0 Å². The Balaban J connectivity index is 2.34. The lowest BCUT2D eigenvalue weighted by atomic mass is 10.3. The average molecular weight is 206 g/mol. The summed E-state index contributed by atoms with van der Waals surface area (Å²) in [7, 11) is 0. The number of pyridine rings is 1. The Labute approximate surface area is 85.8 Å². The van der Waals surface area contributed by atoms with E-state index < -0.39 is 0 Å². The van der Waals surface area contributed by atoms with Crippen molar-refractivity contribution >= 4 is 11.3 Å². The van der Waals surface area contributed by atoms with E-state index in [2.05, 4.69) is 15.2 Å². The van der Waals surface area contributed by atoms with E-state index in [1.807, 2.05) is 19.1 Å². The van der Waals surface area contributed by atoms with Gasteiger partial charge in [-0.25, -0.2) is 0 Å². The van der Waals surface area contributed by atoms with Crippen LogP contribution in [0.3, 0.4) is 0 Å². The van der Waals surface area contributed by atoms with Crippen LogP contribution in [0.4, 0.5) is 0 Å². The van der Waals surface area contributed by atoms with Crippen LogP contribution in [0.15, 0.2) is 24.5 Å². The van der Waals surface area contributed by atoms with Crippen LogP contribution in [0.25, 0.3) is 10.6 Å². The third-order valence-electron chi connectivity index (χ3n) is 1.74. The molecule has 0 fully saturated rings. The Bertz CT molecular complexity index is 410. The highest BCUT2D eigenvalue weighted by Gasteiger charge is 2.08. The summed E-state index contributed by atoms with van der Waals surface area (Å²) in [6, 6.07) is 3.78. The monoisotopic (exact) mass is 206 g/mol. The number of nitrogens with zero attached hydrogens (tertiary/aromatic N) is 3. The van der Waals surface area contributed by atoms with Gasteiger partial charge in [0.15, 0.2) is 0 Å². The summed E-state index contributed by atoms with van der Waals surface area (Å²) >= 11 is 1.51. The molecule has 0 spiro atoms. The third-order valence-corrected chi connectivity index (χ3v) is 2.91. The lowest BCUT2D eigenvalue weighted by Crippen LogP contribution is -2.03. The first-order valence-electron chi connectivity index (χ1n) is 4.27. The largest absolute Gasteiger partial charge is 0.322 e.